The minimum Gasteiger partial charge on any atom is -0.478 e. The van der Waals surface area contributed by atoms with E-state index in [-0.39, 0.29) is 12.6 Å². The second kappa shape index (κ2) is 8.05. The largest absolute Gasteiger partial charge is 0.478 e. The number of aromatic nitrogens is 4. The molecule has 0 aliphatic carbocycles. The summed E-state index contributed by atoms with van der Waals surface area (Å²) in [6.45, 7) is 10.8. The number of ether oxygens (including phenoxy) is 1. The summed E-state index contributed by atoms with van der Waals surface area (Å²) in [4.78, 5) is 14.6. The number of aryl methyl sites for hydroxylation is 3. The molecule has 27 heavy (non-hydrogen) atoms. The molecule has 6 heteroatoms. The number of fused-ring (bicyclic) bond motifs is 1. The highest BCUT2D eigenvalue weighted by atomic mass is 16.5. The van der Waals surface area contributed by atoms with Gasteiger partial charge in [-0.15, -0.1) is 0 Å². The highest BCUT2D eigenvalue weighted by Crippen LogP contribution is 2.30. The summed E-state index contributed by atoms with van der Waals surface area (Å²) in [5.74, 6) is 0.643. The standard InChI is InChI=1S/C21H28N4O2/c1-6-16-15(9-10-18(22-16)27-8-3)20-17(7-2)23-21-19(24-20)13(4)11-25(21)14(5)12-26/h9-11,14,26H,6-8,12H2,1-5H3/t14-/m0/s1. The zero-order valence-electron chi connectivity index (χ0n) is 16.8. The number of rotatable bonds is 7. The quantitative estimate of drug-likeness (QED) is 0.685. The molecule has 1 N–H and O–H groups in total. The topological polar surface area (TPSA) is 73.1 Å². The molecule has 0 aromatic carbocycles. The molecule has 3 aromatic heterocycles. The highest BCUT2D eigenvalue weighted by Gasteiger charge is 2.19. The Balaban J connectivity index is 2.21. The molecule has 0 spiro atoms. The molecule has 6 nitrogen and oxygen atoms in total. The van der Waals surface area contributed by atoms with E-state index in [1.807, 2.05) is 43.7 Å². The maximum Gasteiger partial charge on any atom is 0.213 e. The van der Waals surface area contributed by atoms with Crippen molar-refractivity contribution in [1.82, 2.24) is 19.5 Å². The van der Waals surface area contributed by atoms with Gasteiger partial charge in [-0.3, -0.25) is 0 Å². The van der Waals surface area contributed by atoms with Crippen molar-refractivity contribution in [2.24, 2.45) is 0 Å². The molecule has 0 amide bonds. The number of nitrogens with zero attached hydrogens (tertiary/aromatic N) is 4. The van der Waals surface area contributed by atoms with E-state index in [1.54, 1.807) is 0 Å². The third kappa shape index (κ3) is 3.54. The zero-order chi connectivity index (χ0) is 19.6. The molecule has 3 aromatic rings. The second-order valence-electron chi connectivity index (χ2n) is 6.73. The molecule has 0 radical (unpaired) electrons. The first-order chi connectivity index (χ1) is 13.0. The minimum atomic E-state index is -0.0376. The van der Waals surface area contributed by atoms with Crippen molar-refractivity contribution in [3.63, 3.8) is 0 Å². The third-order valence-electron chi connectivity index (χ3n) is 4.81. The summed E-state index contributed by atoms with van der Waals surface area (Å²) in [5.41, 5.74) is 6.55. The van der Waals surface area contributed by atoms with Gasteiger partial charge in [-0.1, -0.05) is 13.8 Å². The van der Waals surface area contributed by atoms with Crippen molar-refractivity contribution in [3.05, 3.63) is 35.3 Å². The van der Waals surface area contributed by atoms with E-state index < -0.39 is 0 Å². The van der Waals surface area contributed by atoms with E-state index in [0.717, 1.165) is 52.2 Å². The van der Waals surface area contributed by atoms with Crippen molar-refractivity contribution in [1.29, 1.82) is 0 Å². The number of hydrogen-bond acceptors (Lipinski definition) is 5. The Kier molecular flexibility index (Phi) is 5.75. The van der Waals surface area contributed by atoms with Crippen LogP contribution in [0.25, 0.3) is 22.4 Å². The molecular weight excluding hydrogens is 340 g/mol. The SMILES string of the molecule is CCOc1ccc(-c2nc3c(C)cn([C@@H](C)CO)c3nc2CC)c(CC)n1. The third-order valence-corrected chi connectivity index (χ3v) is 4.81. The Hall–Kier alpha value is -2.47. The van der Waals surface area contributed by atoms with Crippen LogP contribution in [-0.4, -0.2) is 37.8 Å². The lowest BCUT2D eigenvalue weighted by Crippen LogP contribution is -2.10. The fraction of sp³-hybridized carbons (Fsp3) is 0.476. The predicted octanol–water partition coefficient (Wildman–Crippen LogP) is 3.88. The molecule has 3 rings (SSSR count). The van der Waals surface area contributed by atoms with Crippen molar-refractivity contribution in [2.75, 3.05) is 13.2 Å². The van der Waals surface area contributed by atoms with Gasteiger partial charge < -0.3 is 14.4 Å². The number of aliphatic hydroxyl groups excluding tert-OH is 1. The Labute approximate surface area is 160 Å². The van der Waals surface area contributed by atoms with Crippen LogP contribution in [0.3, 0.4) is 0 Å². The highest BCUT2D eigenvalue weighted by molar-refractivity contribution is 5.80. The van der Waals surface area contributed by atoms with Gasteiger partial charge in [0.1, 0.15) is 5.52 Å². The molecule has 3 heterocycles. The zero-order valence-corrected chi connectivity index (χ0v) is 16.8. The van der Waals surface area contributed by atoms with Gasteiger partial charge in [0.15, 0.2) is 5.65 Å². The van der Waals surface area contributed by atoms with Gasteiger partial charge in [0, 0.05) is 17.8 Å². The van der Waals surface area contributed by atoms with E-state index in [0.29, 0.717) is 12.5 Å². The van der Waals surface area contributed by atoms with Crippen LogP contribution in [0.15, 0.2) is 18.3 Å². The molecule has 0 aliphatic heterocycles. The van der Waals surface area contributed by atoms with Gasteiger partial charge in [-0.2, -0.15) is 0 Å². The van der Waals surface area contributed by atoms with E-state index in [9.17, 15) is 5.11 Å². The van der Waals surface area contributed by atoms with Crippen molar-refractivity contribution in [3.8, 4) is 17.1 Å². The average molecular weight is 368 g/mol. The molecule has 0 aliphatic rings. The van der Waals surface area contributed by atoms with E-state index >= 15 is 0 Å². The lowest BCUT2D eigenvalue weighted by atomic mass is 10.0. The number of pyridine rings is 1. The molecule has 0 fully saturated rings. The molecule has 0 bridgehead atoms. The van der Waals surface area contributed by atoms with Gasteiger partial charge in [0.05, 0.1) is 36.3 Å². The number of aliphatic hydroxyl groups is 1. The normalized spacial score (nSPS) is 12.5. The van der Waals surface area contributed by atoms with Crippen LogP contribution in [0.2, 0.25) is 0 Å². The summed E-state index contributed by atoms with van der Waals surface area (Å²) >= 11 is 0. The van der Waals surface area contributed by atoms with Crippen LogP contribution in [0, 0.1) is 6.92 Å². The van der Waals surface area contributed by atoms with E-state index in [2.05, 4.69) is 18.8 Å². The monoisotopic (exact) mass is 368 g/mol. The summed E-state index contributed by atoms with van der Waals surface area (Å²) in [6, 6.07) is 3.90. The maximum atomic E-state index is 9.56. The predicted molar refractivity (Wildman–Crippen MR) is 107 cm³/mol. The fourth-order valence-electron chi connectivity index (χ4n) is 3.32. The summed E-state index contributed by atoms with van der Waals surface area (Å²) in [6.07, 6.45) is 3.58. The number of hydrogen-bond donors (Lipinski definition) is 1. The molecule has 0 saturated heterocycles. The fourth-order valence-corrected chi connectivity index (χ4v) is 3.32. The molecule has 0 saturated carbocycles. The second-order valence-corrected chi connectivity index (χ2v) is 6.73. The van der Waals surface area contributed by atoms with Crippen LogP contribution in [-0.2, 0) is 12.8 Å². The lowest BCUT2D eigenvalue weighted by molar-refractivity contribution is 0.241. The van der Waals surface area contributed by atoms with Crippen LogP contribution < -0.4 is 4.74 Å². The smallest absolute Gasteiger partial charge is 0.213 e. The molecular formula is C21H28N4O2. The Morgan fingerprint density at radius 1 is 1.07 bits per heavy atom. The van der Waals surface area contributed by atoms with Gasteiger partial charge >= 0.3 is 0 Å². The Bertz CT molecular complexity index is 949. The molecule has 144 valence electrons. The van der Waals surface area contributed by atoms with Gasteiger partial charge in [0.25, 0.3) is 0 Å². The summed E-state index contributed by atoms with van der Waals surface area (Å²) < 4.78 is 7.56. The van der Waals surface area contributed by atoms with Gasteiger partial charge in [0.2, 0.25) is 5.88 Å². The average Bonchev–Trinajstić information content (AvgIpc) is 3.02. The lowest BCUT2D eigenvalue weighted by Gasteiger charge is -2.14. The molecule has 0 unspecified atom stereocenters. The summed E-state index contributed by atoms with van der Waals surface area (Å²) in [7, 11) is 0. The summed E-state index contributed by atoms with van der Waals surface area (Å²) in [5, 5.41) is 9.56. The maximum absolute atomic E-state index is 9.56. The van der Waals surface area contributed by atoms with Crippen LogP contribution in [0.4, 0.5) is 0 Å². The van der Waals surface area contributed by atoms with E-state index in [4.69, 9.17) is 14.7 Å². The van der Waals surface area contributed by atoms with Gasteiger partial charge in [-0.05, 0) is 45.2 Å². The van der Waals surface area contributed by atoms with Crippen LogP contribution in [0.1, 0.15) is 50.7 Å². The first-order valence-corrected chi connectivity index (χ1v) is 9.65. The van der Waals surface area contributed by atoms with Crippen molar-refractivity contribution < 1.29 is 9.84 Å². The minimum absolute atomic E-state index is 0.0376. The first-order valence-electron chi connectivity index (χ1n) is 9.65. The molecule has 1 atom stereocenters. The van der Waals surface area contributed by atoms with Crippen molar-refractivity contribution >= 4 is 11.2 Å². The first kappa shape index (κ1) is 19.3. The van der Waals surface area contributed by atoms with Crippen LogP contribution >= 0.6 is 0 Å². The van der Waals surface area contributed by atoms with Crippen molar-refractivity contribution in [2.45, 2.75) is 53.5 Å². The Morgan fingerprint density at radius 3 is 2.44 bits per heavy atom. The van der Waals surface area contributed by atoms with Gasteiger partial charge in [-0.25, -0.2) is 15.0 Å². The Morgan fingerprint density at radius 2 is 1.81 bits per heavy atom. The van der Waals surface area contributed by atoms with E-state index in [1.165, 1.54) is 0 Å². The van der Waals surface area contributed by atoms with Crippen LogP contribution in [0.5, 0.6) is 5.88 Å².